The summed E-state index contributed by atoms with van der Waals surface area (Å²) in [6, 6.07) is 8.01. The monoisotopic (exact) mass is 463 g/mol. The van der Waals surface area contributed by atoms with E-state index in [1.54, 1.807) is 14.2 Å². The summed E-state index contributed by atoms with van der Waals surface area (Å²) in [6.07, 6.45) is 1.55. The van der Waals surface area contributed by atoms with Crippen LogP contribution >= 0.6 is 0 Å². The summed E-state index contributed by atoms with van der Waals surface area (Å²) in [7, 11) is 3.25. The van der Waals surface area contributed by atoms with E-state index in [1.807, 2.05) is 45.0 Å². The molecular weight excluding hydrogens is 430 g/mol. The molecular formula is C28H33NO5. The summed E-state index contributed by atoms with van der Waals surface area (Å²) in [4.78, 5) is 13.5. The van der Waals surface area contributed by atoms with Crippen molar-refractivity contribution in [3.05, 3.63) is 52.2 Å². The normalized spacial score (nSPS) is 14.4. The third-order valence-corrected chi connectivity index (χ3v) is 6.72. The van der Waals surface area contributed by atoms with Gasteiger partial charge in [-0.15, -0.1) is 0 Å². The Kier molecular flexibility index (Phi) is 6.34. The molecule has 1 aliphatic rings. The van der Waals surface area contributed by atoms with Crippen molar-refractivity contribution in [1.29, 1.82) is 0 Å². The molecule has 1 N–H and O–H groups in total. The highest BCUT2D eigenvalue weighted by molar-refractivity contribution is 6.06. The van der Waals surface area contributed by atoms with E-state index in [9.17, 15) is 9.90 Å². The number of phenols is 1. The number of nitrogens with zero attached hydrogens (tertiary/aromatic N) is 1. The zero-order valence-electron chi connectivity index (χ0n) is 21.0. The zero-order valence-corrected chi connectivity index (χ0v) is 21.0. The first-order chi connectivity index (χ1) is 16.3. The van der Waals surface area contributed by atoms with Crippen LogP contribution in [0.1, 0.15) is 59.6 Å². The molecule has 1 unspecified atom stereocenters. The van der Waals surface area contributed by atoms with E-state index in [2.05, 4.69) is 18.4 Å². The highest BCUT2D eigenvalue weighted by Gasteiger charge is 2.35. The summed E-state index contributed by atoms with van der Waals surface area (Å²) >= 11 is 0. The van der Waals surface area contributed by atoms with Gasteiger partial charge in [-0.25, -0.2) is 4.79 Å². The molecule has 0 fully saturated rings. The van der Waals surface area contributed by atoms with Gasteiger partial charge in [-0.3, -0.25) is 0 Å². The topological polar surface area (TPSA) is 69.9 Å². The van der Waals surface area contributed by atoms with Gasteiger partial charge >= 0.3 is 5.97 Å². The molecule has 0 amide bonds. The number of phenolic OH excluding ortho intramolecular Hbond substituents is 1. The van der Waals surface area contributed by atoms with Gasteiger partial charge < -0.3 is 23.9 Å². The summed E-state index contributed by atoms with van der Waals surface area (Å²) in [5.41, 5.74) is 7.87. The van der Waals surface area contributed by atoms with Gasteiger partial charge in [0.05, 0.1) is 32.1 Å². The number of aromatic nitrogens is 1. The smallest absolute Gasteiger partial charge is 0.340 e. The molecule has 2 heterocycles. The number of ether oxygens (including phenoxy) is 3. The van der Waals surface area contributed by atoms with Crippen LogP contribution < -0.4 is 9.47 Å². The fourth-order valence-electron chi connectivity index (χ4n) is 5.27. The Morgan fingerprint density at radius 3 is 2.24 bits per heavy atom. The lowest BCUT2D eigenvalue weighted by atomic mass is 9.90. The number of aromatic hydroxyl groups is 1. The average Bonchev–Trinajstić information content (AvgIpc) is 3.17. The Labute approximate surface area is 201 Å². The molecule has 0 radical (unpaired) electrons. The maximum Gasteiger partial charge on any atom is 0.340 e. The second-order valence-electron chi connectivity index (χ2n) is 8.87. The Balaban J connectivity index is 2.14. The van der Waals surface area contributed by atoms with Crippen molar-refractivity contribution in [3.8, 4) is 39.6 Å². The van der Waals surface area contributed by atoms with E-state index >= 15 is 0 Å². The van der Waals surface area contributed by atoms with E-state index < -0.39 is 0 Å². The van der Waals surface area contributed by atoms with Gasteiger partial charge in [0.2, 0.25) is 0 Å². The molecule has 0 spiro atoms. The van der Waals surface area contributed by atoms with Crippen LogP contribution in [0.2, 0.25) is 0 Å². The number of hydrogen-bond acceptors (Lipinski definition) is 5. The summed E-state index contributed by atoms with van der Waals surface area (Å²) in [5, 5.41) is 10.4. The number of esters is 1. The molecule has 2 aromatic carbocycles. The summed E-state index contributed by atoms with van der Waals surface area (Å²) in [5.74, 6) is 1.22. The zero-order chi connectivity index (χ0) is 24.7. The van der Waals surface area contributed by atoms with Crippen LogP contribution in [0, 0.1) is 13.8 Å². The molecule has 6 nitrogen and oxygen atoms in total. The number of rotatable bonds is 6. The second kappa shape index (κ2) is 9.09. The molecule has 4 rings (SSSR count). The lowest BCUT2D eigenvalue weighted by molar-refractivity contribution is 0.0528. The summed E-state index contributed by atoms with van der Waals surface area (Å²) in [6.45, 7) is 10.2. The molecule has 0 saturated heterocycles. The lowest BCUT2D eigenvalue weighted by Gasteiger charge is -2.29. The SMILES string of the molecule is CCOC(=O)c1c(-c2cc(C)c(O)c(C)c2)c(CC)n2c1-c1cc(OC)c(OC)cc1CC2C. The van der Waals surface area contributed by atoms with Crippen LogP contribution in [-0.2, 0) is 17.6 Å². The van der Waals surface area contributed by atoms with Crippen molar-refractivity contribution in [2.24, 2.45) is 0 Å². The molecule has 1 atom stereocenters. The largest absolute Gasteiger partial charge is 0.507 e. The first-order valence-electron chi connectivity index (χ1n) is 11.8. The third-order valence-electron chi connectivity index (χ3n) is 6.72. The van der Waals surface area contributed by atoms with Gasteiger partial charge in [-0.05, 0) is 87.1 Å². The van der Waals surface area contributed by atoms with Crippen molar-refractivity contribution >= 4 is 5.97 Å². The highest BCUT2D eigenvalue weighted by Crippen LogP contribution is 2.48. The number of carbonyl (C=O) groups is 1. The molecule has 0 aliphatic carbocycles. The van der Waals surface area contributed by atoms with Crippen molar-refractivity contribution in [3.63, 3.8) is 0 Å². The second-order valence-corrected chi connectivity index (χ2v) is 8.87. The van der Waals surface area contributed by atoms with Crippen molar-refractivity contribution in [2.45, 2.75) is 53.5 Å². The van der Waals surface area contributed by atoms with E-state index in [1.165, 1.54) is 0 Å². The van der Waals surface area contributed by atoms with Crippen LogP contribution in [0.5, 0.6) is 17.2 Å². The van der Waals surface area contributed by atoms with Crippen molar-refractivity contribution < 1.29 is 24.1 Å². The lowest BCUT2D eigenvalue weighted by Crippen LogP contribution is -2.19. The van der Waals surface area contributed by atoms with E-state index in [0.717, 1.165) is 57.6 Å². The minimum Gasteiger partial charge on any atom is -0.507 e. The van der Waals surface area contributed by atoms with Crippen LogP contribution in [0.4, 0.5) is 0 Å². The van der Waals surface area contributed by atoms with Crippen molar-refractivity contribution in [2.75, 3.05) is 20.8 Å². The first kappa shape index (κ1) is 23.7. The van der Waals surface area contributed by atoms with Gasteiger partial charge in [-0.2, -0.15) is 0 Å². The molecule has 1 aliphatic heterocycles. The number of aryl methyl sites for hydroxylation is 2. The van der Waals surface area contributed by atoms with E-state index in [4.69, 9.17) is 14.2 Å². The predicted octanol–water partition coefficient (Wildman–Crippen LogP) is 6.02. The average molecular weight is 464 g/mol. The van der Waals surface area contributed by atoms with Crippen LogP contribution in [0.15, 0.2) is 24.3 Å². The van der Waals surface area contributed by atoms with Gasteiger partial charge in [0.15, 0.2) is 11.5 Å². The quantitative estimate of drug-likeness (QED) is 0.453. The molecule has 1 aromatic heterocycles. The third kappa shape index (κ3) is 3.61. The van der Waals surface area contributed by atoms with Gasteiger partial charge in [0.25, 0.3) is 0 Å². The number of carbonyl (C=O) groups excluding carboxylic acids is 1. The van der Waals surface area contributed by atoms with E-state index in [-0.39, 0.29) is 24.4 Å². The maximum atomic E-state index is 13.5. The Hall–Kier alpha value is -3.41. The molecule has 6 heteroatoms. The van der Waals surface area contributed by atoms with Gasteiger partial charge in [0.1, 0.15) is 5.75 Å². The molecule has 180 valence electrons. The fourth-order valence-corrected chi connectivity index (χ4v) is 5.27. The Bertz CT molecular complexity index is 1250. The minimum atomic E-state index is -0.348. The van der Waals surface area contributed by atoms with Crippen LogP contribution in [-0.4, -0.2) is 36.5 Å². The first-order valence-corrected chi connectivity index (χ1v) is 11.8. The Morgan fingerprint density at radius 2 is 1.68 bits per heavy atom. The maximum absolute atomic E-state index is 13.5. The van der Waals surface area contributed by atoms with Crippen LogP contribution in [0.3, 0.4) is 0 Å². The number of benzene rings is 2. The fraction of sp³-hybridized carbons (Fsp3) is 0.393. The number of fused-ring (bicyclic) bond motifs is 3. The van der Waals surface area contributed by atoms with Gasteiger partial charge in [-0.1, -0.05) is 6.92 Å². The van der Waals surface area contributed by atoms with E-state index in [0.29, 0.717) is 17.1 Å². The minimum absolute atomic E-state index is 0.136. The number of hydrogen-bond donors (Lipinski definition) is 1. The molecule has 0 bridgehead atoms. The predicted molar refractivity (Wildman–Crippen MR) is 133 cm³/mol. The Morgan fingerprint density at radius 1 is 1.06 bits per heavy atom. The standard InChI is InChI=1S/C28H33NO5/c1-8-21-24(19-10-15(3)27(30)16(4)11-19)25(28(31)34-9-2)26-20-14-23(33-7)22(32-6)13-18(20)12-17(5)29(21)26/h10-11,13-14,17,30H,8-9,12H2,1-7H3. The molecule has 0 saturated carbocycles. The van der Waals surface area contributed by atoms with Crippen LogP contribution in [0.25, 0.3) is 22.4 Å². The molecule has 34 heavy (non-hydrogen) atoms. The van der Waals surface area contributed by atoms with Crippen molar-refractivity contribution in [1.82, 2.24) is 4.57 Å². The summed E-state index contributed by atoms with van der Waals surface area (Å²) < 4.78 is 19.0. The highest BCUT2D eigenvalue weighted by atomic mass is 16.5. The molecule has 3 aromatic rings. The van der Waals surface area contributed by atoms with Gasteiger partial charge in [0, 0.05) is 22.9 Å². The number of methoxy groups -OCH3 is 2.